The molecule has 1 aliphatic rings. The third kappa shape index (κ3) is 4.29. The van der Waals surface area contributed by atoms with Crippen molar-refractivity contribution >= 4 is 44.2 Å². The largest absolute Gasteiger partial charge is 0.484 e. The van der Waals surface area contributed by atoms with E-state index in [4.69, 9.17) is 21.1 Å². The van der Waals surface area contributed by atoms with E-state index < -0.39 is 0 Å². The summed E-state index contributed by atoms with van der Waals surface area (Å²) in [5.41, 5.74) is 1.80. The van der Waals surface area contributed by atoms with Crippen LogP contribution in [0, 0.1) is 6.92 Å². The Bertz CT molecular complexity index is 952. The van der Waals surface area contributed by atoms with E-state index in [0.717, 1.165) is 35.2 Å². The van der Waals surface area contributed by atoms with Crippen LogP contribution in [0.3, 0.4) is 0 Å². The Kier molecular flexibility index (Phi) is 5.80. The van der Waals surface area contributed by atoms with Crippen LogP contribution in [-0.2, 0) is 9.53 Å². The molecule has 5 nitrogen and oxygen atoms in total. The first kappa shape index (κ1) is 19.2. The molecule has 0 aliphatic carbocycles. The van der Waals surface area contributed by atoms with E-state index in [1.54, 1.807) is 17.0 Å². The van der Waals surface area contributed by atoms with Gasteiger partial charge in [0.2, 0.25) is 0 Å². The summed E-state index contributed by atoms with van der Waals surface area (Å²) in [6.07, 6.45) is 2.01. The molecule has 1 unspecified atom stereocenters. The molecule has 1 saturated heterocycles. The number of fused-ring (bicyclic) bond motifs is 1. The van der Waals surface area contributed by atoms with Gasteiger partial charge in [0.15, 0.2) is 11.7 Å². The van der Waals surface area contributed by atoms with Crippen molar-refractivity contribution < 1.29 is 14.3 Å². The first-order valence-electron chi connectivity index (χ1n) is 9.26. The minimum absolute atomic E-state index is 0.0359. The SMILES string of the molecule is Cc1cc(OCC(=O)N(CC2CCCO2)c2nc3ccccc3s2)ccc1Cl. The molecule has 1 amide bonds. The van der Waals surface area contributed by atoms with Gasteiger partial charge in [0, 0.05) is 11.6 Å². The number of nitrogens with zero attached hydrogens (tertiary/aromatic N) is 2. The first-order chi connectivity index (χ1) is 13.6. The highest BCUT2D eigenvalue weighted by atomic mass is 35.5. The van der Waals surface area contributed by atoms with E-state index >= 15 is 0 Å². The number of para-hydroxylation sites is 1. The number of benzene rings is 2. The number of rotatable bonds is 6. The average molecular weight is 417 g/mol. The number of halogens is 1. The number of aromatic nitrogens is 1. The molecule has 4 rings (SSSR count). The number of ether oxygens (including phenoxy) is 2. The molecule has 7 heteroatoms. The standard InChI is InChI=1S/C21H21ClN2O3S/c1-14-11-15(8-9-17(14)22)27-13-20(25)24(12-16-5-4-10-26-16)21-23-18-6-2-3-7-19(18)28-21/h2-3,6-9,11,16H,4-5,10,12-13H2,1H3. The lowest BCUT2D eigenvalue weighted by Gasteiger charge is -2.23. The molecule has 0 N–H and O–H groups in total. The van der Waals surface area contributed by atoms with Crippen LogP contribution in [0.2, 0.25) is 5.02 Å². The van der Waals surface area contributed by atoms with Gasteiger partial charge in [-0.2, -0.15) is 0 Å². The number of hydrogen-bond donors (Lipinski definition) is 0. The van der Waals surface area contributed by atoms with E-state index in [1.807, 2.05) is 37.3 Å². The summed E-state index contributed by atoms with van der Waals surface area (Å²) in [4.78, 5) is 19.4. The van der Waals surface area contributed by atoms with Crippen molar-refractivity contribution in [2.45, 2.75) is 25.9 Å². The van der Waals surface area contributed by atoms with Crippen LogP contribution in [0.4, 0.5) is 5.13 Å². The zero-order valence-electron chi connectivity index (χ0n) is 15.6. The second-order valence-electron chi connectivity index (χ2n) is 6.80. The predicted octanol–water partition coefficient (Wildman–Crippen LogP) is 4.85. The summed E-state index contributed by atoms with van der Waals surface area (Å²) in [5, 5.41) is 1.35. The second-order valence-corrected chi connectivity index (χ2v) is 8.22. The van der Waals surface area contributed by atoms with Gasteiger partial charge in [0.1, 0.15) is 5.75 Å². The number of carbonyl (C=O) groups excluding carboxylic acids is 1. The molecule has 1 aliphatic heterocycles. The van der Waals surface area contributed by atoms with Crippen molar-refractivity contribution in [3.05, 3.63) is 53.1 Å². The van der Waals surface area contributed by atoms with Crippen molar-refractivity contribution in [2.24, 2.45) is 0 Å². The summed E-state index contributed by atoms with van der Waals surface area (Å²) in [7, 11) is 0. The molecule has 1 atom stereocenters. The topological polar surface area (TPSA) is 51.7 Å². The van der Waals surface area contributed by atoms with Crippen LogP contribution >= 0.6 is 22.9 Å². The lowest BCUT2D eigenvalue weighted by Crippen LogP contribution is -2.40. The lowest BCUT2D eigenvalue weighted by atomic mass is 10.2. The smallest absolute Gasteiger partial charge is 0.266 e. The summed E-state index contributed by atoms with van der Waals surface area (Å²) >= 11 is 7.56. The predicted molar refractivity (Wildman–Crippen MR) is 113 cm³/mol. The van der Waals surface area contributed by atoms with Crippen LogP contribution in [-0.4, -0.2) is 36.8 Å². The molecular weight excluding hydrogens is 396 g/mol. The zero-order chi connectivity index (χ0) is 19.5. The maximum absolute atomic E-state index is 13.0. The molecule has 0 bridgehead atoms. The molecule has 3 aromatic rings. The number of anilines is 1. The molecule has 2 aromatic carbocycles. The van der Waals surface area contributed by atoms with E-state index in [-0.39, 0.29) is 18.6 Å². The minimum Gasteiger partial charge on any atom is -0.484 e. The highest BCUT2D eigenvalue weighted by molar-refractivity contribution is 7.22. The monoisotopic (exact) mass is 416 g/mol. The maximum Gasteiger partial charge on any atom is 0.266 e. The van der Waals surface area contributed by atoms with Crippen molar-refractivity contribution in [1.29, 1.82) is 0 Å². The number of amides is 1. The van der Waals surface area contributed by atoms with Gasteiger partial charge in [-0.25, -0.2) is 4.98 Å². The Morgan fingerprint density at radius 3 is 2.96 bits per heavy atom. The number of carbonyl (C=O) groups is 1. The van der Waals surface area contributed by atoms with E-state index in [9.17, 15) is 4.79 Å². The Morgan fingerprint density at radius 1 is 1.36 bits per heavy atom. The quantitative estimate of drug-likeness (QED) is 0.576. The molecule has 1 fully saturated rings. The van der Waals surface area contributed by atoms with Gasteiger partial charge in [-0.1, -0.05) is 35.1 Å². The highest BCUT2D eigenvalue weighted by Gasteiger charge is 2.26. The molecule has 0 spiro atoms. The summed E-state index contributed by atoms with van der Waals surface area (Å²) in [6, 6.07) is 13.3. The zero-order valence-corrected chi connectivity index (χ0v) is 17.1. The van der Waals surface area contributed by atoms with Crippen molar-refractivity contribution in [1.82, 2.24) is 4.98 Å². The molecule has 28 heavy (non-hydrogen) atoms. The number of aryl methyl sites for hydroxylation is 1. The van der Waals surface area contributed by atoms with Gasteiger partial charge < -0.3 is 9.47 Å². The van der Waals surface area contributed by atoms with Crippen molar-refractivity contribution in [3.63, 3.8) is 0 Å². The van der Waals surface area contributed by atoms with E-state index in [2.05, 4.69) is 4.98 Å². The number of thiazole rings is 1. The van der Waals surface area contributed by atoms with Crippen LogP contribution in [0.5, 0.6) is 5.75 Å². The first-order valence-corrected chi connectivity index (χ1v) is 10.5. The summed E-state index contributed by atoms with van der Waals surface area (Å²) in [6.45, 7) is 3.07. The third-order valence-corrected chi connectivity index (χ3v) is 6.20. The minimum atomic E-state index is -0.137. The fourth-order valence-corrected chi connectivity index (χ4v) is 4.29. The Balaban J connectivity index is 1.53. The Morgan fingerprint density at radius 2 is 2.21 bits per heavy atom. The van der Waals surface area contributed by atoms with Crippen LogP contribution < -0.4 is 9.64 Å². The highest BCUT2D eigenvalue weighted by Crippen LogP contribution is 2.30. The third-order valence-electron chi connectivity index (χ3n) is 4.72. The molecular formula is C21H21ClN2O3S. The molecule has 1 aromatic heterocycles. The lowest BCUT2D eigenvalue weighted by molar-refractivity contribution is -0.120. The van der Waals surface area contributed by atoms with Gasteiger partial charge in [-0.15, -0.1) is 0 Å². The van der Waals surface area contributed by atoms with Gasteiger partial charge in [-0.3, -0.25) is 9.69 Å². The molecule has 0 saturated carbocycles. The van der Waals surface area contributed by atoms with E-state index in [0.29, 0.717) is 22.4 Å². The summed E-state index contributed by atoms with van der Waals surface area (Å²) < 4.78 is 12.5. The fraction of sp³-hybridized carbons (Fsp3) is 0.333. The normalized spacial score (nSPS) is 16.4. The van der Waals surface area contributed by atoms with Gasteiger partial charge in [0.25, 0.3) is 5.91 Å². The van der Waals surface area contributed by atoms with Gasteiger partial charge >= 0.3 is 0 Å². The second kappa shape index (κ2) is 8.47. The van der Waals surface area contributed by atoms with Gasteiger partial charge in [0.05, 0.1) is 22.9 Å². The number of hydrogen-bond acceptors (Lipinski definition) is 5. The Hall–Kier alpha value is -2.15. The Labute approximate surface area is 172 Å². The van der Waals surface area contributed by atoms with Crippen LogP contribution in [0.25, 0.3) is 10.2 Å². The van der Waals surface area contributed by atoms with Crippen molar-refractivity contribution in [3.8, 4) is 5.75 Å². The van der Waals surface area contributed by atoms with Crippen LogP contribution in [0.1, 0.15) is 18.4 Å². The average Bonchev–Trinajstić information content (AvgIpc) is 3.36. The van der Waals surface area contributed by atoms with E-state index in [1.165, 1.54) is 11.3 Å². The molecule has 146 valence electrons. The van der Waals surface area contributed by atoms with Gasteiger partial charge in [-0.05, 0) is 55.7 Å². The summed E-state index contributed by atoms with van der Waals surface area (Å²) in [5.74, 6) is 0.485. The van der Waals surface area contributed by atoms with Crippen LogP contribution in [0.15, 0.2) is 42.5 Å². The molecule has 0 radical (unpaired) electrons. The fourth-order valence-electron chi connectivity index (χ4n) is 3.18. The maximum atomic E-state index is 13.0. The molecule has 2 heterocycles. The van der Waals surface area contributed by atoms with Crippen molar-refractivity contribution in [2.75, 3.05) is 24.7 Å².